The van der Waals surface area contributed by atoms with Crippen LogP contribution >= 0.6 is 11.3 Å². The van der Waals surface area contributed by atoms with E-state index in [-0.39, 0.29) is 12.8 Å². The summed E-state index contributed by atoms with van der Waals surface area (Å²) in [5, 5.41) is 13.0. The van der Waals surface area contributed by atoms with Crippen LogP contribution in [-0.2, 0) is 14.4 Å². The Labute approximate surface area is 113 Å². The fraction of sp³-hybridized carbons (Fsp3) is 0.364. The van der Waals surface area contributed by atoms with Crippen LogP contribution in [0.25, 0.3) is 0 Å². The molecular weight excluding hydrogens is 270 g/mol. The average molecular weight is 285 g/mol. The quantitative estimate of drug-likeness (QED) is 0.539. The zero-order chi connectivity index (χ0) is 14.4. The third kappa shape index (κ3) is 4.68. The molecule has 1 unspecified atom stereocenters. The van der Waals surface area contributed by atoms with E-state index in [2.05, 4.69) is 5.32 Å². The first kappa shape index (κ1) is 15.1. The van der Waals surface area contributed by atoms with Crippen LogP contribution in [0.3, 0.4) is 0 Å². The molecule has 0 radical (unpaired) electrons. The lowest BCUT2D eigenvalue weighted by atomic mass is 10.1. The standard InChI is InChI=1S/C11H15N3O4S/c12-8(15)4-3-6(11(17)18)14-10(16)9(13)7-2-1-5-19-7/h1-2,5-6,9H,3-4,13H2,(H2,12,15)(H,14,16)(H,17,18)/t6-,9?/m0/s1. The van der Waals surface area contributed by atoms with Crippen LogP contribution in [0.1, 0.15) is 23.8 Å². The van der Waals surface area contributed by atoms with Gasteiger partial charge < -0.3 is 21.9 Å². The number of nitrogens with two attached hydrogens (primary N) is 2. The van der Waals surface area contributed by atoms with E-state index in [0.29, 0.717) is 4.88 Å². The number of hydrogen-bond donors (Lipinski definition) is 4. The predicted octanol–water partition coefficient (Wildman–Crippen LogP) is -0.417. The van der Waals surface area contributed by atoms with Crippen molar-refractivity contribution >= 4 is 29.1 Å². The van der Waals surface area contributed by atoms with Gasteiger partial charge in [0.2, 0.25) is 11.8 Å². The Bertz CT molecular complexity index is 461. The number of aliphatic carboxylic acids is 1. The maximum absolute atomic E-state index is 11.8. The van der Waals surface area contributed by atoms with Crippen molar-refractivity contribution in [3.8, 4) is 0 Å². The Morgan fingerprint density at radius 2 is 2.11 bits per heavy atom. The number of carboxylic acids is 1. The second kappa shape index (κ2) is 6.86. The van der Waals surface area contributed by atoms with Gasteiger partial charge in [0.25, 0.3) is 0 Å². The van der Waals surface area contributed by atoms with Crippen LogP contribution in [0.4, 0.5) is 0 Å². The van der Waals surface area contributed by atoms with Crippen molar-refractivity contribution in [2.75, 3.05) is 0 Å². The van der Waals surface area contributed by atoms with Crippen LogP contribution in [-0.4, -0.2) is 28.9 Å². The van der Waals surface area contributed by atoms with Gasteiger partial charge in [-0.05, 0) is 17.9 Å². The molecule has 1 aromatic rings. The van der Waals surface area contributed by atoms with Gasteiger partial charge in [0.15, 0.2) is 0 Å². The SMILES string of the molecule is NC(=O)CC[C@H](NC(=O)C(N)c1cccs1)C(=O)O. The Hall–Kier alpha value is -1.93. The van der Waals surface area contributed by atoms with Crippen LogP contribution in [0.2, 0.25) is 0 Å². The summed E-state index contributed by atoms with van der Waals surface area (Å²) in [4.78, 5) is 34.0. The Morgan fingerprint density at radius 1 is 1.42 bits per heavy atom. The molecule has 1 aromatic heterocycles. The number of carbonyl (C=O) groups excluding carboxylic acids is 2. The number of hydrogen-bond acceptors (Lipinski definition) is 5. The molecule has 1 heterocycles. The van der Waals surface area contributed by atoms with Crippen LogP contribution in [0, 0.1) is 0 Å². The van der Waals surface area contributed by atoms with E-state index >= 15 is 0 Å². The third-order valence-electron chi connectivity index (χ3n) is 2.43. The molecule has 8 heteroatoms. The summed E-state index contributed by atoms with van der Waals surface area (Å²) in [6, 6.07) is 1.34. The Morgan fingerprint density at radius 3 is 2.58 bits per heavy atom. The molecule has 1 rings (SSSR count). The smallest absolute Gasteiger partial charge is 0.326 e. The maximum atomic E-state index is 11.8. The van der Waals surface area contributed by atoms with Gasteiger partial charge in [0.1, 0.15) is 12.1 Å². The summed E-state index contributed by atoms with van der Waals surface area (Å²) in [6.07, 6.45) is -0.181. The molecule has 104 valence electrons. The fourth-order valence-corrected chi connectivity index (χ4v) is 2.13. The van der Waals surface area contributed by atoms with E-state index in [0.717, 1.165) is 0 Å². The first-order valence-corrected chi connectivity index (χ1v) is 6.40. The van der Waals surface area contributed by atoms with Gasteiger partial charge in [-0.1, -0.05) is 6.07 Å². The minimum atomic E-state index is -1.23. The summed E-state index contributed by atoms with van der Waals surface area (Å²) in [5.41, 5.74) is 10.6. The molecule has 0 saturated heterocycles. The van der Waals surface area contributed by atoms with Crippen LogP contribution < -0.4 is 16.8 Å². The summed E-state index contributed by atoms with van der Waals surface area (Å²) < 4.78 is 0. The van der Waals surface area contributed by atoms with E-state index in [4.69, 9.17) is 16.6 Å². The van der Waals surface area contributed by atoms with Gasteiger partial charge in [-0.3, -0.25) is 9.59 Å². The molecule has 7 nitrogen and oxygen atoms in total. The summed E-state index contributed by atoms with van der Waals surface area (Å²) in [6.45, 7) is 0. The molecule has 0 aromatic carbocycles. The fourth-order valence-electron chi connectivity index (χ4n) is 1.40. The monoisotopic (exact) mass is 285 g/mol. The van der Waals surface area contributed by atoms with Crippen molar-refractivity contribution in [1.82, 2.24) is 5.32 Å². The summed E-state index contributed by atoms with van der Waals surface area (Å²) in [7, 11) is 0. The van der Waals surface area contributed by atoms with Gasteiger partial charge in [-0.15, -0.1) is 11.3 Å². The number of carbonyl (C=O) groups is 3. The molecule has 0 bridgehead atoms. The van der Waals surface area contributed by atoms with Crippen molar-refractivity contribution < 1.29 is 19.5 Å². The minimum absolute atomic E-state index is 0.0619. The number of thiophene rings is 1. The molecule has 19 heavy (non-hydrogen) atoms. The van der Waals surface area contributed by atoms with Gasteiger partial charge >= 0.3 is 5.97 Å². The second-order valence-electron chi connectivity index (χ2n) is 3.90. The molecule has 0 aliphatic heterocycles. The van der Waals surface area contributed by atoms with Crippen LogP contribution in [0.5, 0.6) is 0 Å². The number of primary amides is 1. The molecule has 0 aliphatic rings. The highest BCUT2D eigenvalue weighted by Crippen LogP contribution is 2.17. The lowest BCUT2D eigenvalue weighted by Gasteiger charge is -2.16. The van der Waals surface area contributed by atoms with Gasteiger partial charge in [0.05, 0.1) is 0 Å². The second-order valence-corrected chi connectivity index (χ2v) is 4.88. The van der Waals surface area contributed by atoms with E-state index in [1.54, 1.807) is 17.5 Å². The highest BCUT2D eigenvalue weighted by molar-refractivity contribution is 7.10. The highest BCUT2D eigenvalue weighted by atomic mass is 32.1. The molecule has 0 spiro atoms. The largest absolute Gasteiger partial charge is 0.480 e. The molecule has 6 N–H and O–H groups in total. The molecule has 2 atom stereocenters. The molecule has 2 amide bonds. The van der Waals surface area contributed by atoms with Crippen molar-refractivity contribution in [3.05, 3.63) is 22.4 Å². The first-order valence-electron chi connectivity index (χ1n) is 5.52. The van der Waals surface area contributed by atoms with E-state index in [1.807, 2.05) is 0 Å². The van der Waals surface area contributed by atoms with Crippen LogP contribution in [0.15, 0.2) is 17.5 Å². The Kier molecular flexibility index (Phi) is 5.46. The number of amides is 2. The van der Waals surface area contributed by atoms with Gasteiger partial charge in [0, 0.05) is 11.3 Å². The maximum Gasteiger partial charge on any atom is 0.326 e. The lowest BCUT2D eigenvalue weighted by Crippen LogP contribution is -2.45. The van der Waals surface area contributed by atoms with Crippen molar-refractivity contribution in [2.24, 2.45) is 11.5 Å². The third-order valence-corrected chi connectivity index (χ3v) is 3.38. The average Bonchev–Trinajstić information content (AvgIpc) is 2.86. The zero-order valence-corrected chi connectivity index (χ0v) is 10.9. The van der Waals surface area contributed by atoms with E-state index < -0.39 is 29.9 Å². The number of nitrogens with one attached hydrogen (secondary N) is 1. The molecule has 0 aliphatic carbocycles. The van der Waals surface area contributed by atoms with Crippen molar-refractivity contribution in [3.63, 3.8) is 0 Å². The molecule has 0 saturated carbocycles. The Balaban J connectivity index is 2.61. The normalized spacial score (nSPS) is 13.5. The van der Waals surface area contributed by atoms with E-state index in [1.165, 1.54) is 11.3 Å². The predicted molar refractivity (Wildman–Crippen MR) is 69.2 cm³/mol. The minimum Gasteiger partial charge on any atom is -0.480 e. The highest BCUT2D eigenvalue weighted by Gasteiger charge is 2.24. The number of carboxylic acid groups (broad SMARTS) is 1. The molecular formula is C11H15N3O4S. The van der Waals surface area contributed by atoms with Crippen molar-refractivity contribution in [1.29, 1.82) is 0 Å². The zero-order valence-electron chi connectivity index (χ0n) is 10.0. The summed E-state index contributed by atoms with van der Waals surface area (Å²) >= 11 is 1.31. The van der Waals surface area contributed by atoms with E-state index in [9.17, 15) is 14.4 Å². The van der Waals surface area contributed by atoms with Gasteiger partial charge in [-0.2, -0.15) is 0 Å². The lowest BCUT2D eigenvalue weighted by molar-refractivity contribution is -0.142. The summed E-state index contributed by atoms with van der Waals surface area (Å²) in [5.74, 6) is -2.45. The first-order chi connectivity index (χ1) is 8.91. The topological polar surface area (TPSA) is 136 Å². The number of rotatable bonds is 7. The molecule has 0 fully saturated rings. The van der Waals surface area contributed by atoms with Crippen molar-refractivity contribution in [2.45, 2.75) is 24.9 Å². The van der Waals surface area contributed by atoms with Gasteiger partial charge in [-0.25, -0.2) is 4.79 Å².